The molecular formula is C20H24N4O3. The van der Waals surface area contributed by atoms with Crippen LogP contribution in [0.2, 0.25) is 0 Å². The zero-order valence-electron chi connectivity index (χ0n) is 16.0. The third-order valence-corrected chi connectivity index (χ3v) is 4.38. The van der Waals surface area contributed by atoms with Gasteiger partial charge in [-0.2, -0.15) is 0 Å². The Labute approximate surface area is 158 Å². The molecule has 7 nitrogen and oxygen atoms in total. The van der Waals surface area contributed by atoms with Gasteiger partial charge in [-0.25, -0.2) is 4.98 Å². The van der Waals surface area contributed by atoms with Gasteiger partial charge in [-0.1, -0.05) is 24.3 Å². The van der Waals surface area contributed by atoms with Crippen LogP contribution in [0.5, 0.6) is 0 Å². The van der Waals surface area contributed by atoms with Crippen molar-refractivity contribution in [2.75, 3.05) is 6.54 Å². The van der Waals surface area contributed by atoms with E-state index < -0.39 is 0 Å². The Morgan fingerprint density at radius 2 is 1.93 bits per heavy atom. The summed E-state index contributed by atoms with van der Waals surface area (Å²) in [5.41, 5.74) is 1.52. The van der Waals surface area contributed by atoms with Crippen molar-refractivity contribution < 1.29 is 14.4 Å². The van der Waals surface area contributed by atoms with Crippen molar-refractivity contribution in [2.45, 2.75) is 45.7 Å². The molecule has 0 spiro atoms. The fraction of sp³-hybridized carbons (Fsp3) is 0.400. The van der Waals surface area contributed by atoms with Crippen molar-refractivity contribution in [1.29, 1.82) is 0 Å². The molecular weight excluding hydrogens is 344 g/mol. The predicted octanol–water partition coefficient (Wildman–Crippen LogP) is 2.34. The van der Waals surface area contributed by atoms with Gasteiger partial charge in [0, 0.05) is 29.6 Å². The van der Waals surface area contributed by atoms with Crippen LogP contribution >= 0.6 is 0 Å². The smallest absolute Gasteiger partial charge is 0.269 e. The molecule has 1 aromatic carbocycles. The molecule has 27 heavy (non-hydrogen) atoms. The third kappa shape index (κ3) is 4.07. The maximum atomic E-state index is 12.4. The van der Waals surface area contributed by atoms with Crippen molar-refractivity contribution in [3.8, 4) is 11.4 Å². The van der Waals surface area contributed by atoms with Gasteiger partial charge in [0.1, 0.15) is 11.5 Å². The molecule has 0 saturated heterocycles. The summed E-state index contributed by atoms with van der Waals surface area (Å²) in [6.45, 7) is 7.66. The predicted molar refractivity (Wildman–Crippen MR) is 102 cm³/mol. The molecule has 1 aliphatic rings. The van der Waals surface area contributed by atoms with Crippen molar-refractivity contribution in [3.63, 3.8) is 0 Å². The van der Waals surface area contributed by atoms with Gasteiger partial charge in [0.2, 0.25) is 5.91 Å². The average Bonchev–Trinajstić information content (AvgIpc) is 3.02. The summed E-state index contributed by atoms with van der Waals surface area (Å²) in [5.74, 6) is 0.314. The molecule has 142 valence electrons. The second-order valence-electron chi connectivity index (χ2n) is 7.84. The van der Waals surface area contributed by atoms with Crippen LogP contribution in [0.25, 0.3) is 11.4 Å². The van der Waals surface area contributed by atoms with Gasteiger partial charge in [-0.15, -0.1) is 0 Å². The molecule has 0 bridgehead atoms. The Balaban J connectivity index is 1.94. The minimum Gasteiger partial charge on any atom is -0.351 e. The van der Waals surface area contributed by atoms with E-state index in [4.69, 9.17) is 0 Å². The molecule has 1 aromatic heterocycles. The standard InChI is InChI=1S/C20H24N4O3/c1-12(25)13-5-7-14(8-6-13)18-21-11-16-19(27)22-10-15(24(16)18)9-17(26)23-20(2,3)4/h5-8,11,15H,9-10H2,1-4H3,(H,22,27)(H,23,26). The molecule has 1 aliphatic heterocycles. The number of rotatable bonds is 4. The fourth-order valence-corrected chi connectivity index (χ4v) is 3.21. The average molecular weight is 368 g/mol. The number of nitrogens with zero attached hydrogens (tertiary/aromatic N) is 2. The first-order valence-electron chi connectivity index (χ1n) is 8.93. The summed E-state index contributed by atoms with van der Waals surface area (Å²) in [6, 6.07) is 6.87. The summed E-state index contributed by atoms with van der Waals surface area (Å²) in [7, 11) is 0. The summed E-state index contributed by atoms with van der Waals surface area (Å²) >= 11 is 0. The number of benzene rings is 1. The summed E-state index contributed by atoms with van der Waals surface area (Å²) in [4.78, 5) is 40.5. The highest BCUT2D eigenvalue weighted by atomic mass is 16.2. The number of hydrogen-bond donors (Lipinski definition) is 2. The SMILES string of the molecule is CC(=O)c1ccc(-c2ncc3n2C(CC(=O)NC(C)(C)C)CNC3=O)cc1. The Kier molecular flexibility index (Phi) is 4.87. The lowest BCUT2D eigenvalue weighted by atomic mass is 10.1. The summed E-state index contributed by atoms with van der Waals surface area (Å²) in [5, 5.41) is 5.78. The third-order valence-electron chi connectivity index (χ3n) is 4.38. The van der Waals surface area contributed by atoms with Crippen molar-refractivity contribution in [2.24, 2.45) is 0 Å². The van der Waals surface area contributed by atoms with Crippen molar-refractivity contribution >= 4 is 17.6 Å². The summed E-state index contributed by atoms with van der Waals surface area (Å²) < 4.78 is 1.82. The molecule has 2 aromatic rings. The van der Waals surface area contributed by atoms with Gasteiger partial charge in [-0.3, -0.25) is 14.4 Å². The maximum absolute atomic E-state index is 12.4. The van der Waals surface area contributed by atoms with Gasteiger partial charge in [0.25, 0.3) is 5.91 Å². The first-order valence-corrected chi connectivity index (χ1v) is 8.93. The van der Waals surface area contributed by atoms with E-state index in [1.807, 2.05) is 37.5 Å². The largest absolute Gasteiger partial charge is 0.351 e. The van der Waals surface area contributed by atoms with Crippen molar-refractivity contribution in [1.82, 2.24) is 20.2 Å². The number of fused-ring (bicyclic) bond motifs is 1. The van der Waals surface area contributed by atoms with E-state index in [1.165, 1.54) is 13.1 Å². The number of amides is 2. The maximum Gasteiger partial charge on any atom is 0.269 e. The number of imidazole rings is 1. The second-order valence-corrected chi connectivity index (χ2v) is 7.84. The zero-order chi connectivity index (χ0) is 19.8. The molecule has 2 amide bonds. The zero-order valence-corrected chi connectivity index (χ0v) is 16.0. The molecule has 1 atom stereocenters. The lowest BCUT2D eigenvalue weighted by molar-refractivity contribution is -0.123. The monoisotopic (exact) mass is 368 g/mol. The molecule has 0 aliphatic carbocycles. The van der Waals surface area contributed by atoms with E-state index >= 15 is 0 Å². The minimum atomic E-state index is -0.321. The highest BCUT2D eigenvalue weighted by molar-refractivity contribution is 5.95. The first-order chi connectivity index (χ1) is 12.7. The first kappa shape index (κ1) is 18.8. The Hall–Kier alpha value is -2.96. The molecule has 7 heteroatoms. The molecule has 0 fully saturated rings. The van der Waals surface area contributed by atoms with Crippen molar-refractivity contribution in [3.05, 3.63) is 41.7 Å². The van der Waals surface area contributed by atoms with Gasteiger partial charge >= 0.3 is 0 Å². The molecule has 1 unspecified atom stereocenters. The van der Waals surface area contributed by atoms with Crippen LogP contribution in [0, 0.1) is 0 Å². The molecule has 2 heterocycles. The lowest BCUT2D eigenvalue weighted by Crippen LogP contribution is -2.44. The topological polar surface area (TPSA) is 93.1 Å². The Bertz CT molecular complexity index is 891. The van der Waals surface area contributed by atoms with Gasteiger partial charge in [0.05, 0.1) is 12.2 Å². The van der Waals surface area contributed by atoms with E-state index in [0.717, 1.165) is 5.56 Å². The minimum absolute atomic E-state index is 0.0113. The van der Waals surface area contributed by atoms with Crippen LogP contribution in [0.3, 0.4) is 0 Å². The van der Waals surface area contributed by atoms with E-state index in [9.17, 15) is 14.4 Å². The molecule has 2 N–H and O–H groups in total. The van der Waals surface area contributed by atoms with Gasteiger partial charge in [0.15, 0.2) is 5.78 Å². The highest BCUT2D eigenvalue weighted by Gasteiger charge is 2.30. The van der Waals surface area contributed by atoms with Crippen LogP contribution in [-0.4, -0.2) is 39.2 Å². The van der Waals surface area contributed by atoms with Crippen LogP contribution < -0.4 is 10.6 Å². The van der Waals surface area contributed by atoms with Crippen LogP contribution in [0.1, 0.15) is 61.0 Å². The number of carbonyl (C=O) groups excluding carboxylic acids is 3. The van der Waals surface area contributed by atoms with Crippen LogP contribution in [-0.2, 0) is 4.79 Å². The highest BCUT2D eigenvalue weighted by Crippen LogP contribution is 2.28. The number of aromatic nitrogens is 2. The number of carbonyl (C=O) groups is 3. The second kappa shape index (κ2) is 6.98. The van der Waals surface area contributed by atoms with E-state index in [-0.39, 0.29) is 35.6 Å². The lowest BCUT2D eigenvalue weighted by Gasteiger charge is -2.29. The fourth-order valence-electron chi connectivity index (χ4n) is 3.21. The van der Waals surface area contributed by atoms with Gasteiger partial charge < -0.3 is 15.2 Å². The Morgan fingerprint density at radius 3 is 2.52 bits per heavy atom. The van der Waals surface area contributed by atoms with E-state index in [2.05, 4.69) is 15.6 Å². The van der Waals surface area contributed by atoms with Gasteiger partial charge in [-0.05, 0) is 27.7 Å². The summed E-state index contributed by atoms with van der Waals surface area (Å²) in [6.07, 6.45) is 1.76. The normalized spacial score (nSPS) is 16.4. The molecule has 0 radical (unpaired) electrons. The van der Waals surface area contributed by atoms with Crippen LogP contribution in [0.15, 0.2) is 30.5 Å². The molecule has 0 saturated carbocycles. The number of ketones is 1. The Morgan fingerprint density at radius 1 is 1.26 bits per heavy atom. The van der Waals surface area contributed by atoms with E-state index in [1.54, 1.807) is 12.1 Å². The quantitative estimate of drug-likeness (QED) is 0.810. The van der Waals surface area contributed by atoms with Crippen LogP contribution in [0.4, 0.5) is 0 Å². The number of nitrogens with one attached hydrogen (secondary N) is 2. The number of Topliss-reactive ketones (excluding diaryl/α,β-unsaturated/α-hetero) is 1. The van der Waals surface area contributed by atoms with E-state index in [0.29, 0.717) is 23.6 Å². The molecule has 3 rings (SSSR count). The number of hydrogen-bond acceptors (Lipinski definition) is 4.